The van der Waals surface area contributed by atoms with E-state index in [1.165, 1.54) is 0 Å². The summed E-state index contributed by atoms with van der Waals surface area (Å²) in [6.07, 6.45) is 0.495. The van der Waals surface area contributed by atoms with E-state index in [0.717, 1.165) is 11.3 Å². The lowest BCUT2D eigenvalue weighted by atomic mass is 10.1. The third-order valence-electron chi connectivity index (χ3n) is 2.54. The van der Waals surface area contributed by atoms with Crippen molar-refractivity contribution in [2.45, 2.75) is 19.1 Å². The van der Waals surface area contributed by atoms with Crippen molar-refractivity contribution in [2.75, 3.05) is 26.1 Å². The molecule has 0 radical (unpaired) electrons. The first-order chi connectivity index (χ1) is 8.69. The topological polar surface area (TPSA) is 73.6 Å². The molecule has 1 aromatic carbocycles. The smallest absolute Gasteiger partial charge is 0.241 e. The zero-order valence-corrected chi connectivity index (χ0v) is 10.8. The zero-order valence-electron chi connectivity index (χ0n) is 10.8. The normalized spacial score (nSPS) is 12.2. The molecule has 1 atom stereocenters. The predicted molar refractivity (Wildman–Crippen MR) is 70.3 cm³/mol. The van der Waals surface area contributed by atoms with Crippen molar-refractivity contribution in [3.63, 3.8) is 0 Å². The van der Waals surface area contributed by atoms with Crippen molar-refractivity contribution in [1.29, 1.82) is 0 Å². The molecule has 0 aliphatic carbocycles. The van der Waals surface area contributed by atoms with E-state index < -0.39 is 6.04 Å². The van der Waals surface area contributed by atoms with Gasteiger partial charge in [-0.15, -0.1) is 0 Å². The molecule has 1 amide bonds. The van der Waals surface area contributed by atoms with Crippen LogP contribution in [0.4, 0.5) is 5.69 Å². The molecule has 1 rings (SSSR count). The summed E-state index contributed by atoms with van der Waals surface area (Å²) in [6, 6.07) is 6.92. The molecular formula is C13H20N2O3. The van der Waals surface area contributed by atoms with Crippen LogP contribution in [0.1, 0.15) is 12.0 Å². The summed E-state index contributed by atoms with van der Waals surface area (Å²) in [6.45, 7) is 0.915. The number of methoxy groups -OCH3 is 2. The van der Waals surface area contributed by atoms with Crippen LogP contribution in [0.3, 0.4) is 0 Å². The molecule has 1 unspecified atom stereocenters. The molecule has 0 aliphatic heterocycles. The van der Waals surface area contributed by atoms with Crippen molar-refractivity contribution in [1.82, 2.24) is 0 Å². The lowest BCUT2D eigenvalue weighted by Crippen LogP contribution is -2.36. The largest absolute Gasteiger partial charge is 0.385 e. The van der Waals surface area contributed by atoms with E-state index in [9.17, 15) is 4.79 Å². The zero-order chi connectivity index (χ0) is 13.4. The summed E-state index contributed by atoms with van der Waals surface area (Å²) in [7, 11) is 3.20. The molecule has 5 heteroatoms. The number of para-hydroxylation sites is 1. The van der Waals surface area contributed by atoms with Crippen molar-refractivity contribution >= 4 is 11.6 Å². The van der Waals surface area contributed by atoms with Crippen molar-refractivity contribution in [2.24, 2.45) is 5.73 Å². The van der Waals surface area contributed by atoms with Gasteiger partial charge in [0, 0.05) is 32.1 Å². The summed E-state index contributed by atoms with van der Waals surface area (Å²) in [4.78, 5) is 11.8. The molecule has 0 fully saturated rings. The SMILES string of the molecule is COCCC(N)C(=O)Nc1ccccc1COC. The fourth-order valence-corrected chi connectivity index (χ4v) is 1.52. The number of benzene rings is 1. The Bertz CT molecular complexity index is 382. The Kier molecular flexibility index (Phi) is 6.35. The summed E-state index contributed by atoms with van der Waals surface area (Å²) in [5, 5.41) is 2.80. The summed E-state index contributed by atoms with van der Waals surface area (Å²) < 4.78 is 9.97. The molecule has 0 heterocycles. The third-order valence-corrected chi connectivity index (χ3v) is 2.54. The van der Waals surface area contributed by atoms with Crippen LogP contribution in [0.2, 0.25) is 0 Å². The van der Waals surface area contributed by atoms with Crippen LogP contribution in [0.5, 0.6) is 0 Å². The van der Waals surface area contributed by atoms with E-state index in [2.05, 4.69) is 5.32 Å². The van der Waals surface area contributed by atoms with Gasteiger partial charge in [-0.3, -0.25) is 4.79 Å². The number of carbonyl (C=O) groups excluding carboxylic acids is 1. The summed E-state index contributed by atoms with van der Waals surface area (Å²) in [5.74, 6) is -0.212. The van der Waals surface area contributed by atoms with E-state index in [-0.39, 0.29) is 5.91 Å². The highest BCUT2D eigenvalue weighted by Crippen LogP contribution is 2.16. The van der Waals surface area contributed by atoms with Crippen molar-refractivity contribution in [3.8, 4) is 0 Å². The molecule has 3 N–H and O–H groups in total. The number of hydrogen-bond acceptors (Lipinski definition) is 4. The van der Waals surface area contributed by atoms with Gasteiger partial charge in [0.05, 0.1) is 12.6 Å². The average Bonchev–Trinajstić information content (AvgIpc) is 2.38. The summed E-state index contributed by atoms with van der Waals surface area (Å²) in [5.41, 5.74) is 7.41. The maximum absolute atomic E-state index is 11.8. The second kappa shape index (κ2) is 7.81. The number of amides is 1. The number of hydrogen-bond donors (Lipinski definition) is 2. The van der Waals surface area contributed by atoms with Gasteiger partial charge in [0.1, 0.15) is 0 Å². The van der Waals surface area contributed by atoms with Crippen molar-refractivity contribution < 1.29 is 14.3 Å². The molecule has 18 heavy (non-hydrogen) atoms. The second-order valence-electron chi connectivity index (χ2n) is 3.97. The average molecular weight is 252 g/mol. The van der Waals surface area contributed by atoms with Gasteiger partial charge in [0.15, 0.2) is 0 Å². The van der Waals surface area contributed by atoms with E-state index in [4.69, 9.17) is 15.2 Å². The van der Waals surface area contributed by atoms with E-state index in [1.807, 2.05) is 24.3 Å². The van der Waals surface area contributed by atoms with Gasteiger partial charge >= 0.3 is 0 Å². The van der Waals surface area contributed by atoms with Gasteiger partial charge in [-0.2, -0.15) is 0 Å². The first kappa shape index (κ1) is 14.6. The molecule has 0 spiro atoms. The Labute approximate surface area is 107 Å². The van der Waals surface area contributed by atoms with Gasteiger partial charge in [-0.25, -0.2) is 0 Å². The first-order valence-corrected chi connectivity index (χ1v) is 5.81. The van der Waals surface area contributed by atoms with Crippen LogP contribution in [0.15, 0.2) is 24.3 Å². The summed E-state index contributed by atoms with van der Waals surface area (Å²) >= 11 is 0. The third kappa shape index (κ3) is 4.44. The fraction of sp³-hybridized carbons (Fsp3) is 0.462. The highest BCUT2D eigenvalue weighted by atomic mass is 16.5. The highest BCUT2D eigenvalue weighted by molar-refractivity contribution is 5.95. The number of ether oxygens (including phenoxy) is 2. The quantitative estimate of drug-likeness (QED) is 0.763. The van der Waals surface area contributed by atoms with Crippen LogP contribution in [-0.4, -0.2) is 32.8 Å². The Balaban J connectivity index is 2.63. The van der Waals surface area contributed by atoms with Crippen molar-refractivity contribution in [3.05, 3.63) is 29.8 Å². The maximum Gasteiger partial charge on any atom is 0.241 e. The minimum absolute atomic E-state index is 0.212. The molecule has 0 saturated heterocycles. The van der Waals surface area contributed by atoms with E-state index in [1.54, 1.807) is 14.2 Å². The van der Waals surface area contributed by atoms with Gasteiger partial charge in [-0.05, 0) is 12.5 Å². The van der Waals surface area contributed by atoms with Gasteiger partial charge < -0.3 is 20.5 Å². The Morgan fingerprint density at radius 2 is 2.06 bits per heavy atom. The molecule has 1 aromatic rings. The molecule has 0 saturated carbocycles. The second-order valence-corrected chi connectivity index (χ2v) is 3.97. The number of nitrogens with one attached hydrogen (secondary N) is 1. The minimum Gasteiger partial charge on any atom is -0.385 e. The van der Waals surface area contributed by atoms with Crippen LogP contribution < -0.4 is 11.1 Å². The Morgan fingerprint density at radius 3 is 2.72 bits per heavy atom. The standard InChI is InChI=1S/C13H20N2O3/c1-17-8-7-11(14)13(16)15-12-6-4-3-5-10(12)9-18-2/h3-6,11H,7-9,14H2,1-2H3,(H,15,16). The predicted octanol–water partition coefficient (Wildman–Crippen LogP) is 1.14. The van der Waals surface area contributed by atoms with E-state index >= 15 is 0 Å². The number of nitrogens with two attached hydrogens (primary N) is 1. The Hall–Kier alpha value is -1.43. The molecule has 0 aromatic heterocycles. The molecule has 0 aliphatic rings. The minimum atomic E-state index is -0.569. The first-order valence-electron chi connectivity index (χ1n) is 5.81. The van der Waals surface area contributed by atoms with Gasteiger partial charge in [0.25, 0.3) is 0 Å². The van der Waals surface area contributed by atoms with Crippen LogP contribution >= 0.6 is 0 Å². The molecule has 5 nitrogen and oxygen atoms in total. The lowest BCUT2D eigenvalue weighted by Gasteiger charge is -2.14. The maximum atomic E-state index is 11.8. The molecule has 100 valence electrons. The number of rotatable bonds is 7. The fourth-order valence-electron chi connectivity index (χ4n) is 1.52. The lowest BCUT2D eigenvalue weighted by molar-refractivity contribution is -0.117. The van der Waals surface area contributed by atoms with Gasteiger partial charge in [-0.1, -0.05) is 18.2 Å². The highest BCUT2D eigenvalue weighted by Gasteiger charge is 2.14. The van der Waals surface area contributed by atoms with Gasteiger partial charge in [0.2, 0.25) is 5.91 Å². The Morgan fingerprint density at radius 1 is 1.33 bits per heavy atom. The van der Waals surface area contributed by atoms with Crippen LogP contribution in [0, 0.1) is 0 Å². The van der Waals surface area contributed by atoms with Crippen LogP contribution in [-0.2, 0) is 20.9 Å². The monoisotopic (exact) mass is 252 g/mol. The van der Waals surface area contributed by atoms with Crippen LogP contribution in [0.25, 0.3) is 0 Å². The number of anilines is 1. The number of carbonyl (C=O) groups is 1. The molecular weight excluding hydrogens is 232 g/mol. The van der Waals surface area contributed by atoms with E-state index in [0.29, 0.717) is 19.6 Å². The molecule has 0 bridgehead atoms.